The predicted octanol–water partition coefficient (Wildman–Crippen LogP) is 2.20. The summed E-state index contributed by atoms with van der Waals surface area (Å²) in [5, 5.41) is 42.8. The third kappa shape index (κ3) is 2.81. The highest BCUT2D eigenvalue weighted by Gasteiger charge is 2.75. The SMILES string of the molecule is C[C@]12C[C@@]34C=CC(=O)[C@@](C)(CCC(=O)Nc5c(O)ccc(C(=O)O)c5O)C3[C@H](CC1[C@H]4O)O2. The van der Waals surface area contributed by atoms with E-state index in [2.05, 4.69) is 5.32 Å². The van der Waals surface area contributed by atoms with Crippen molar-refractivity contribution in [3.63, 3.8) is 0 Å². The number of hydrogen-bond donors (Lipinski definition) is 5. The summed E-state index contributed by atoms with van der Waals surface area (Å²) < 4.78 is 6.32. The highest BCUT2D eigenvalue weighted by molar-refractivity contribution is 6.00. The summed E-state index contributed by atoms with van der Waals surface area (Å²) in [4.78, 5) is 37.0. The number of phenols is 2. The van der Waals surface area contributed by atoms with Crippen LogP contribution in [-0.4, -0.2) is 55.9 Å². The van der Waals surface area contributed by atoms with Crippen molar-refractivity contribution in [2.75, 3.05) is 5.32 Å². The standard InChI is InChI=1S/C24H27NO8/c1-22(7-6-16(28)25-17-13(26)4-3-11(18(17)29)21(31)32)15(27)5-8-24-10-23(2)12(20(24)30)9-14(33-23)19(22)24/h3-5,8,12,14,19-20,26,29-30H,6-7,9-10H2,1-2H3,(H,25,28)(H,31,32)/t12?,14-,19?,20+,22+,23-,24-/m0/s1. The number of allylic oxidation sites excluding steroid dienone is 1. The number of aromatic carboxylic acids is 1. The molecule has 2 saturated heterocycles. The molecule has 1 amide bonds. The zero-order chi connectivity index (χ0) is 23.9. The molecule has 2 heterocycles. The second-order valence-corrected chi connectivity index (χ2v) is 10.3. The molecule has 3 aliphatic carbocycles. The van der Waals surface area contributed by atoms with E-state index < -0.39 is 51.5 Å². The Kier molecular flexibility index (Phi) is 4.52. The zero-order valence-electron chi connectivity index (χ0n) is 18.4. The number of carboxylic acid groups (broad SMARTS) is 1. The third-order valence-electron chi connectivity index (χ3n) is 8.55. The largest absolute Gasteiger partial charge is 0.506 e. The maximum absolute atomic E-state index is 13.1. The molecule has 1 aromatic rings. The minimum Gasteiger partial charge on any atom is -0.506 e. The van der Waals surface area contributed by atoms with Crippen molar-refractivity contribution >= 4 is 23.3 Å². The number of rotatable bonds is 5. The molecule has 1 aromatic carbocycles. The van der Waals surface area contributed by atoms with Crippen molar-refractivity contribution in [1.29, 1.82) is 0 Å². The van der Waals surface area contributed by atoms with E-state index in [1.54, 1.807) is 0 Å². The lowest BCUT2D eigenvalue weighted by atomic mass is 9.50. The molecular formula is C24H27NO8. The van der Waals surface area contributed by atoms with Gasteiger partial charge in [-0.25, -0.2) is 4.79 Å². The van der Waals surface area contributed by atoms with Crippen LogP contribution < -0.4 is 5.32 Å². The first-order valence-corrected chi connectivity index (χ1v) is 11.1. The number of ether oxygens (including phenoxy) is 1. The first kappa shape index (κ1) is 21.9. The molecule has 2 saturated carbocycles. The van der Waals surface area contributed by atoms with Gasteiger partial charge >= 0.3 is 5.97 Å². The molecule has 9 nitrogen and oxygen atoms in total. The second-order valence-electron chi connectivity index (χ2n) is 10.3. The van der Waals surface area contributed by atoms with E-state index in [1.807, 2.05) is 19.9 Å². The minimum absolute atomic E-state index is 0.0246. The molecule has 2 aliphatic heterocycles. The van der Waals surface area contributed by atoms with E-state index in [1.165, 1.54) is 6.08 Å². The molecule has 6 rings (SSSR count). The number of anilines is 1. The fourth-order valence-electron chi connectivity index (χ4n) is 7.12. The predicted molar refractivity (Wildman–Crippen MR) is 115 cm³/mol. The van der Waals surface area contributed by atoms with Crippen LogP contribution in [0, 0.1) is 22.7 Å². The van der Waals surface area contributed by atoms with Crippen LogP contribution in [0.2, 0.25) is 0 Å². The molecule has 33 heavy (non-hydrogen) atoms. The molecule has 2 unspecified atom stereocenters. The van der Waals surface area contributed by atoms with Crippen molar-refractivity contribution in [2.45, 2.75) is 57.3 Å². The van der Waals surface area contributed by atoms with Crippen LogP contribution in [0.15, 0.2) is 24.3 Å². The number of nitrogens with one attached hydrogen (secondary N) is 1. The average molecular weight is 457 g/mol. The van der Waals surface area contributed by atoms with Crippen LogP contribution in [0.4, 0.5) is 5.69 Å². The Hall–Kier alpha value is -2.91. The first-order chi connectivity index (χ1) is 15.4. The number of carbonyl (C=O) groups excluding carboxylic acids is 2. The number of carbonyl (C=O) groups is 3. The Bertz CT molecular complexity index is 1110. The van der Waals surface area contributed by atoms with Crippen molar-refractivity contribution in [3.8, 4) is 11.5 Å². The summed E-state index contributed by atoms with van der Waals surface area (Å²) in [5.41, 5.74) is -2.76. The van der Waals surface area contributed by atoms with Crippen molar-refractivity contribution < 1.29 is 39.5 Å². The number of phenolic OH excluding ortho intramolecular Hbond substituents is 1. The summed E-state index contributed by atoms with van der Waals surface area (Å²) in [6, 6.07) is 2.11. The Morgan fingerprint density at radius 2 is 1.97 bits per heavy atom. The van der Waals surface area contributed by atoms with Crippen LogP contribution in [0.1, 0.15) is 49.9 Å². The normalized spacial score (nSPS) is 40.2. The van der Waals surface area contributed by atoms with Gasteiger partial charge < -0.3 is 30.5 Å². The lowest BCUT2D eigenvalue weighted by Crippen LogP contribution is -2.60. The number of aliphatic hydroxyl groups excluding tert-OH is 1. The molecule has 5 N–H and O–H groups in total. The molecular weight excluding hydrogens is 430 g/mol. The first-order valence-electron chi connectivity index (χ1n) is 11.1. The lowest BCUT2D eigenvalue weighted by molar-refractivity contribution is -0.179. The van der Waals surface area contributed by atoms with Crippen LogP contribution in [0.25, 0.3) is 0 Å². The van der Waals surface area contributed by atoms with Crippen LogP contribution in [0.3, 0.4) is 0 Å². The van der Waals surface area contributed by atoms with Gasteiger partial charge in [0.2, 0.25) is 5.91 Å². The number of aromatic hydroxyl groups is 2. The topological polar surface area (TPSA) is 153 Å². The molecule has 1 spiro atoms. The van der Waals surface area contributed by atoms with E-state index in [4.69, 9.17) is 9.84 Å². The van der Waals surface area contributed by atoms with Gasteiger partial charge in [0, 0.05) is 29.1 Å². The van der Waals surface area contributed by atoms with Gasteiger partial charge in [0.25, 0.3) is 0 Å². The molecule has 9 heteroatoms. The number of amides is 1. The van der Waals surface area contributed by atoms with Gasteiger partial charge in [0.05, 0.1) is 17.8 Å². The van der Waals surface area contributed by atoms with Gasteiger partial charge in [-0.05, 0) is 44.4 Å². The summed E-state index contributed by atoms with van der Waals surface area (Å²) >= 11 is 0. The van der Waals surface area contributed by atoms with Gasteiger partial charge in [0.15, 0.2) is 11.5 Å². The van der Waals surface area contributed by atoms with E-state index in [9.17, 15) is 29.7 Å². The molecule has 4 fully saturated rings. The maximum Gasteiger partial charge on any atom is 0.339 e. The van der Waals surface area contributed by atoms with Crippen molar-refractivity contribution in [2.24, 2.45) is 22.7 Å². The van der Waals surface area contributed by atoms with Gasteiger partial charge in [0.1, 0.15) is 17.0 Å². The van der Waals surface area contributed by atoms with Crippen LogP contribution in [-0.2, 0) is 14.3 Å². The Balaban J connectivity index is 1.38. The zero-order valence-corrected chi connectivity index (χ0v) is 18.4. The highest BCUT2D eigenvalue weighted by Crippen LogP contribution is 2.71. The van der Waals surface area contributed by atoms with Crippen LogP contribution >= 0.6 is 0 Å². The summed E-state index contributed by atoms with van der Waals surface area (Å²) in [5.74, 6) is -3.57. The van der Waals surface area contributed by atoms with Crippen molar-refractivity contribution in [3.05, 3.63) is 29.8 Å². The molecule has 176 valence electrons. The Morgan fingerprint density at radius 3 is 2.64 bits per heavy atom. The van der Waals surface area contributed by atoms with E-state index in [0.29, 0.717) is 12.8 Å². The number of carboxylic acids is 1. The minimum atomic E-state index is -1.40. The fraction of sp³-hybridized carbons (Fsp3) is 0.542. The maximum atomic E-state index is 13.1. The number of benzene rings is 1. The lowest BCUT2D eigenvalue weighted by Gasteiger charge is -2.56. The highest BCUT2D eigenvalue weighted by atomic mass is 16.5. The third-order valence-corrected chi connectivity index (χ3v) is 8.55. The van der Waals surface area contributed by atoms with E-state index in [0.717, 1.165) is 12.1 Å². The van der Waals surface area contributed by atoms with Gasteiger partial charge in [-0.15, -0.1) is 0 Å². The smallest absolute Gasteiger partial charge is 0.339 e. The molecule has 5 aliphatic rings. The number of ketones is 1. The quantitative estimate of drug-likeness (QED) is 0.422. The van der Waals surface area contributed by atoms with Gasteiger partial charge in [-0.2, -0.15) is 0 Å². The van der Waals surface area contributed by atoms with Gasteiger partial charge in [-0.3, -0.25) is 9.59 Å². The average Bonchev–Trinajstić information content (AvgIpc) is 3.09. The molecule has 4 bridgehead atoms. The number of hydrogen-bond acceptors (Lipinski definition) is 7. The Labute approximate surface area is 190 Å². The van der Waals surface area contributed by atoms with Gasteiger partial charge in [-0.1, -0.05) is 13.0 Å². The summed E-state index contributed by atoms with van der Waals surface area (Å²) in [7, 11) is 0. The van der Waals surface area contributed by atoms with Crippen LogP contribution in [0.5, 0.6) is 11.5 Å². The number of aliphatic hydroxyl groups is 1. The Morgan fingerprint density at radius 1 is 1.24 bits per heavy atom. The summed E-state index contributed by atoms with van der Waals surface area (Å²) in [6.45, 7) is 3.83. The summed E-state index contributed by atoms with van der Waals surface area (Å²) in [6.07, 6.45) is 3.95. The fourth-order valence-corrected chi connectivity index (χ4v) is 7.12. The molecule has 0 radical (unpaired) electrons. The van der Waals surface area contributed by atoms with Crippen molar-refractivity contribution in [1.82, 2.24) is 0 Å². The second kappa shape index (κ2) is 6.80. The molecule has 0 aromatic heterocycles. The molecule has 7 atom stereocenters. The van der Waals surface area contributed by atoms with E-state index in [-0.39, 0.29) is 42.3 Å². The monoisotopic (exact) mass is 457 g/mol. The van der Waals surface area contributed by atoms with E-state index >= 15 is 0 Å².